The highest BCUT2D eigenvalue weighted by Gasteiger charge is 2.01. The van der Waals surface area contributed by atoms with Crippen molar-refractivity contribution >= 4 is 5.57 Å². The summed E-state index contributed by atoms with van der Waals surface area (Å²) in [6.07, 6.45) is 4.04. The van der Waals surface area contributed by atoms with Crippen molar-refractivity contribution in [3.8, 4) is 0 Å². The number of hydrogen-bond acceptors (Lipinski definition) is 1. The van der Waals surface area contributed by atoms with Crippen molar-refractivity contribution in [1.29, 1.82) is 0 Å². The molecule has 0 fully saturated rings. The zero-order chi connectivity index (χ0) is 13.0. The fraction of sp³-hybridized carbons (Fsp3) is 0.250. The van der Waals surface area contributed by atoms with Crippen LogP contribution in [-0.2, 0) is 0 Å². The van der Waals surface area contributed by atoms with E-state index in [2.05, 4.69) is 44.7 Å². The molecule has 0 atom stereocenters. The molecule has 1 aromatic carbocycles. The van der Waals surface area contributed by atoms with Crippen LogP contribution in [0.3, 0.4) is 0 Å². The standard InChI is InChI=1S/C16H21N/c1-11(2)8-16(10-14(5)17)15-7-6-12(3)13(4)9-15/h6-10H,1,17H2,2-5H3/b14-10+,16-8+. The second kappa shape index (κ2) is 5.53. The summed E-state index contributed by atoms with van der Waals surface area (Å²) in [4.78, 5) is 0. The van der Waals surface area contributed by atoms with Gasteiger partial charge in [0.05, 0.1) is 0 Å². The monoisotopic (exact) mass is 227 g/mol. The van der Waals surface area contributed by atoms with Gasteiger partial charge in [0.2, 0.25) is 0 Å². The van der Waals surface area contributed by atoms with Crippen LogP contribution >= 0.6 is 0 Å². The van der Waals surface area contributed by atoms with E-state index in [0.29, 0.717) is 0 Å². The molecular formula is C16H21N. The summed E-state index contributed by atoms with van der Waals surface area (Å²) in [5.41, 5.74) is 12.5. The minimum atomic E-state index is 0.802. The van der Waals surface area contributed by atoms with E-state index in [4.69, 9.17) is 5.73 Å². The van der Waals surface area contributed by atoms with E-state index >= 15 is 0 Å². The molecule has 1 aromatic rings. The molecule has 0 aliphatic carbocycles. The topological polar surface area (TPSA) is 26.0 Å². The van der Waals surface area contributed by atoms with Crippen molar-refractivity contribution in [2.24, 2.45) is 5.73 Å². The largest absolute Gasteiger partial charge is 0.402 e. The molecule has 0 saturated heterocycles. The lowest BCUT2D eigenvalue weighted by Crippen LogP contribution is -1.93. The summed E-state index contributed by atoms with van der Waals surface area (Å²) in [7, 11) is 0. The second-order valence-corrected chi connectivity index (χ2v) is 4.63. The second-order valence-electron chi connectivity index (χ2n) is 4.63. The van der Waals surface area contributed by atoms with Crippen LogP contribution in [0.2, 0.25) is 0 Å². The maximum atomic E-state index is 5.76. The van der Waals surface area contributed by atoms with Crippen LogP contribution in [0, 0.1) is 13.8 Å². The first-order valence-electron chi connectivity index (χ1n) is 5.78. The summed E-state index contributed by atoms with van der Waals surface area (Å²) >= 11 is 0. The highest BCUT2D eigenvalue weighted by molar-refractivity contribution is 5.76. The van der Waals surface area contributed by atoms with Gasteiger partial charge in [0.1, 0.15) is 0 Å². The summed E-state index contributed by atoms with van der Waals surface area (Å²) in [5.74, 6) is 0. The number of rotatable bonds is 3. The quantitative estimate of drug-likeness (QED) is 0.772. The van der Waals surface area contributed by atoms with Crippen molar-refractivity contribution in [2.75, 3.05) is 0 Å². The van der Waals surface area contributed by atoms with E-state index in [1.165, 1.54) is 16.7 Å². The van der Waals surface area contributed by atoms with E-state index in [0.717, 1.165) is 16.8 Å². The summed E-state index contributed by atoms with van der Waals surface area (Å²) in [6.45, 7) is 12.0. The number of allylic oxidation sites excluding steroid dienone is 5. The van der Waals surface area contributed by atoms with Crippen LogP contribution in [0.5, 0.6) is 0 Å². The van der Waals surface area contributed by atoms with Crippen LogP contribution < -0.4 is 5.73 Å². The first kappa shape index (κ1) is 13.3. The Morgan fingerprint density at radius 3 is 2.24 bits per heavy atom. The zero-order valence-electron chi connectivity index (χ0n) is 11.2. The van der Waals surface area contributed by atoms with Crippen molar-refractivity contribution in [2.45, 2.75) is 27.7 Å². The van der Waals surface area contributed by atoms with Gasteiger partial charge in [-0.25, -0.2) is 0 Å². The third-order valence-corrected chi connectivity index (χ3v) is 2.63. The number of benzene rings is 1. The van der Waals surface area contributed by atoms with E-state index in [1.54, 1.807) is 0 Å². The zero-order valence-corrected chi connectivity index (χ0v) is 11.2. The molecule has 0 saturated carbocycles. The molecule has 90 valence electrons. The van der Waals surface area contributed by atoms with E-state index < -0.39 is 0 Å². The van der Waals surface area contributed by atoms with Gasteiger partial charge >= 0.3 is 0 Å². The summed E-state index contributed by atoms with van der Waals surface area (Å²) in [5, 5.41) is 0. The lowest BCUT2D eigenvalue weighted by molar-refractivity contribution is 1.30. The van der Waals surface area contributed by atoms with Crippen LogP contribution in [0.4, 0.5) is 0 Å². The molecule has 0 spiro atoms. The molecule has 0 amide bonds. The predicted octanol–water partition coefficient (Wildman–Crippen LogP) is 4.13. The summed E-state index contributed by atoms with van der Waals surface area (Å²) in [6, 6.07) is 6.44. The first-order valence-corrected chi connectivity index (χ1v) is 5.78. The SMILES string of the molecule is C=C(C)/C=C(\C=C(/C)N)c1ccc(C)c(C)c1. The number of aryl methyl sites for hydroxylation is 2. The molecular weight excluding hydrogens is 206 g/mol. The predicted molar refractivity (Wildman–Crippen MR) is 76.7 cm³/mol. The molecule has 2 N–H and O–H groups in total. The molecule has 1 heteroatoms. The minimum absolute atomic E-state index is 0.802. The van der Waals surface area contributed by atoms with Gasteiger partial charge in [-0.2, -0.15) is 0 Å². The van der Waals surface area contributed by atoms with Crippen molar-refractivity contribution in [3.63, 3.8) is 0 Å². The fourth-order valence-corrected chi connectivity index (χ4v) is 1.64. The lowest BCUT2D eigenvalue weighted by Gasteiger charge is -2.07. The summed E-state index contributed by atoms with van der Waals surface area (Å²) < 4.78 is 0. The van der Waals surface area contributed by atoms with Crippen molar-refractivity contribution < 1.29 is 0 Å². The van der Waals surface area contributed by atoms with Crippen LogP contribution in [0.15, 0.2) is 48.2 Å². The van der Waals surface area contributed by atoms with E-state index in [-0.39, 0.29) is 0 Å². The van der Waals surface area contributed by atoms with E-state index in [9.17, 15) is 0 Å². The van der Waals surface area contributed by atoms with Gasteiger partial charge in [-0.1, -0.05) is 36.4 Å². The smallest absolute Gasteiger partial charge is 0.00551 e. The Morgan fingerprint density at radius 1 is 1.12 bits per heavy atom. The Morgan fingerprint density at radius 2 is 1.76 bits per heavy atom. The highest BCUT2D eigenvalue weighted by Crippen LogP contribution is 2.21. The molecule has 0 heterocycles. The van der Waals surface area contributed by atoms with E-state index in [1.807, 2.05) is 19.9 Å². The Balaban J connectivity index is 3.27. The third-order valence-electron chi connectivity index (χ3n) is 2.63. The van der Waals surface area contributed by atoms with Gasteiger partial charge < -0.3 is 5.73 Å². The van der Waals surface area contributed by atoms with Gasteiger partial charge in [-0.05, 0) is 56.0 Å². The number of nitrogens with two attached hydrogens (primary N) is 1. The van der Waals surface area contributed by atoms with Crippen LogP contribution in [-0.4, -0.2) is 0 Å². The third kappa shape index (κ3) is 3.95. The fourth-order valence-electron chi connectivity index (χ4n) is 1.64. The maximum Gasteiger partial charge on any atom is 0.00551 e. The Bertz CT molecular complexity index is 486. The molecule has 0 aliphatic rings. The van der Waals surface area contributed by atoms with Gasteiger partial charge in [-0.15, -0.1) is 0 Å². The van der Waals surface area contributed by atoms with Gasteiger partial charge in [0.15, 0.2) is 0 Å². The molecule has 0 unspecified atom stereocenters. The number of hydrogen-bond donors (Lipinski definition) is 1. The lowest BCUT2D eigenvalue weighted by atomic mass is 9.98. The van der Waals surface area contributed by atoms with Gasteiger partial charge in [0, 0.05) is 5.70 Å². The average molecular weight is 227 g/mol. The van der Waals surface area contributed by atoms with Crippen LogP contribution in [0.25, 0.3) is 5.57 Å². The average Bonchev–Trinajstić information content (AvgIpc) is 2.19. The minimum Gasteiger partial charge on any atom is -0.402 e. The molecule has 0 aromatic heterocycles. The Kier molecular flexibility index (Phi) is 4.33. The molecule has 0 radical (unpaired) electrons. The Labute approximate surface area is 104 Å². The Hall–Kier alpha value is -1.76. The molecule has 1 rings (SSSR count). The molecule has 17 heavy (non-hydrogen) atoms. The van der Waals surface area contributed by atoms with Crippen molar-refractivity contribution in [3.05, 3.63) is 64.9 Å². The normalized spacial score (nSPS) is 12.7. The maximum absolute atomic E-state index is 5.76. The van der Waals surface area contributed by atoms with Gasteiger partial charge in [0.25, 0.3) is 0 Å². The van der Waals surface area contributed by atoms with Gasteiger partial charge in [-0.3, -0.25) is 0 Å². The van der Waals surface area contributed by atoms with Crippen LogP contribution in [0.1, 0.15) is 30.5 Å². The highest BCUT2D eigenvalue weighted by atomic mass is 14.5. The molecule has 1 nitrogen and oxygen atoms in total. The first-order chi connectivity index (χ1) is 7.90. The van der Waals surface area contributed by atoms with Crippen molar-refractivity contribution in [1.82, 2.24) is 0 Å². The molecule has 0 aliphatic heterocycles. The molecule has 0 bridgehead atoms.